The van der Waals surface area contributed by atoms with Gasteiger partial charge >= 0.3 is 0 Å². The van der Waals surface area contributed by atoms with Gasteiger partial charge in [0, 0.05) is 10.5 Å². The molecule has 0 aliphatic carbocycles. The molecule has 0 saturated carbocycles. The van der Waals surface area contributed by atoms with E-state index in [1.165, 1.54) is 10.4 Å². The Morgan fingerprint density at radius 3 is 2.79 bits per heavy atom. The molecule has 0 spiro atoms. The standard InChI is InChI=1S/C15H18BrNOS/c1-2-12(17)9-11-5-3-4-6-14(11)18-10-15-13(16)7-8-19-15/h3-8,12H,2,9-10,17H2,1H3. The van der Waals surface area contributed by atoms with Gasteiger partial charge in [0.2, 0.25) is 0 Å². The van der Waals surface area contributed by atoms with Crippen molar-refractivity contribution < 1.29 is 4.74 Å². The van der Waals surface area contributed by atoms with E-state index in [9.17, 15) is 0 Å². The first-order valence-electron chi connectivity index (χ1n) is 6.39. The zero-order valence-corrected chi connectivity index (χ0v) is 13.3. The Labute approximate surface area is 126 Å². The quantitative estimate of drug-likeness (QED) is 0.847. The van der Waals surface area contributed by atoms with Crippen LogP contribution in [0.4, 0.5) is 0 Å². The van der Waals surface area contributed by atoms with Crippen LogP contribution >= 0.6 is 27.3 Å². The molecule has 19 heavy (non-hydrogen) atoms. The number of benzene rings is 1. The Balaban J connectivity index is 2.05. The highest BCUT2D eigenvalue weighted by Crippen LogP contribution is 2.26. The molecule has 0 aliphatic rings. The van der Waals surface area contributed by atoms with Gasteiger partial charge < -0.3 is 10.5 Å². The fourth-order valence-corrected chi connectivity index (χ4v) is 3.19. The molecule has 1 unspecified atom stereocenters. The molecule has 0 saturated heterocycles. The van der Waals surface area contributed by atoms with Crippen molar-refractivity contribution in [1.82, 2.24) is 0 Å². The Morgan fingerprint density at radius 2 is 2.11 bits per heavy atom. The van der Waals surface area contributed by atoms with Gasteiger partial charge in [-0.1, -0.05) is 25.1 Å². The maximum Gasteiger partial charge on any atom is 0.124 e. The van der Waals surface area contributed by atoms with Gasteiger partial charge in [0.05, 0.1) is 4.88 Å². The lowest BCUT2D eigenvalue weighted by Gasteiger charge is -2.14. The first-order valence-corrected chi connectivity index (χ1v) is 8.06. The van der Waals surface area contributed by atoms with E-state index >= 15 is 0 Å². The van der Waals surface area contributed by atoms with E-state index in [4.69, 9.17) is 10.5 Å². The van der Waals surface area contributed by atoms with Gasteiger partial charge in [0.25, 0.3) is 0 Å². The van der Waals surface area contributed by atoms with Gasteiger partial charge in [-0.2, -0.15) is 0 Å². The summed E-state index contributed by atoms with van der Waals surface area (Å²) in [5.74, 6) is 0.937. The van der Waals surface area contributed by atoms with Crippen molar-refractivity contribution in [2.45, 2.75) is 32.4 Å². The van der Waals surface area contributed by atoms with Crippen LogP contribution in [0.15, 0.2) is 40.2 Å². The Kier molecular flexibility index (Phi) is 5.43. The van der Waals surface area contributed by atoms with E-state index < -0.39 is 0 Å². The van der Waals surface area contributed by atoms with Crippen LogP contribution in [0.5, 0.6) is 5.75 Å². The average Bonchev–Trinajstić information content (AvgIpc) is 2.83. The molecule has 1 aromatic carbocycles. The van der Waals surface area contributed by atoms with Crippen LogP contribution in [0.3, 0.4) is 0 Å². The second-order valence-corrected chi connectivity index (χ2v) is 6.32. The normalized spacial score (nSPS) is 12.4. The molecule has 2 nitrogen and oxygen atoms in total. The second-order valence-electron chi connectivity index (χ2n) is 4.46. The highest BCUT2D eigenvalue weighted by atomic mass is 79.9. The first kappa shape index (κ1) is 14.6. The monoisotopic (exact) mass is 339 g/mol. The summed E-state index contributed by atoms with van der Waals surface area (Å²) < 4.78 is 7.04. The fourth-order valence-electron chi connectivity index (χ4n) is 1.81. The minimum absolute atomic E-state index is 0.193. The minimum Gasteiger partial charge on any atom is -0.488 e. The van der Waals surface area contributed by atoms with E-state index in [-0.39, 0.29) is 6.04 Å². The number of nitrogens with two attached hydrogens (primary N) is 1. The molecule has 102 valence electrons. The van der Waals surface area contributed by atoms with Crippen molar-refractivity contribution in [3.8, 4) is 5.75 Å². The predicted octanol–water partition coefficient (Wildman–Crippen LogP) is 4.37. The van der Waals surface area contributed by atoms with Crippen LogP contribution in [0.2, 0.25) is 0 Å². The summed E-state index contributed by atoms with van der Waals surface area (Å²) in [5, 5.41) is 2.06. The fraction of sp³-hybridized carbons (Fsp3) is 0.333. The molecule has 0 aliphatic heterocycles. The Bertz CT molecular complexity index is 526. The van der Waals surface area contributed by atoms with Gasteiger partial charge in [0.15, 0.2) is 0 Å². The van der Waals surface area contributed by atoms with Crippen LogP contribution < -0.4 is 10.5 Å². The van der Waals surface area contributed by atoms with E-state index in [2.05, 4.69) is 34.3 Å². The van der Waals surface area contributed by atoms with E-state index in [0.29, 0.717) is 6.61 Å². The van der Waals surface area contributed by atoms with Gasteiger partial charge in [-0.05, 0) is 51.8 Å². The van der Waals surface area contributed by atoms with Crippen molar-refractivity contribution in [2.24, 2.45) is 5.73 Å². The summed E-state index contributed by atoms with van der Waals surface area (Å²) in [4.78, 5) is 1.20. The van der Waals surface area contributed by atoms with Crippen LogP contribution in [0.25, 0.3) is 0 Å². The SMILES string of the molecule is CCC(N)Cc1ccccc1OCc1sccc1Br. The molecular weight excluding hydrogens is 322 g/mol. The number of ether oxygens (including phenoxy) is 1. The molecular formula is C15H18BrNOS. The number of hydrogen-bond acceptors (Lipinski definition) is 3. The summed E-state index contributed by atoms with van der Waals surface area (Å²) in [5.41, 5.74) is 7.21. The highest BCUT2D eigenvalue weighted by Gasteiger charge is 2.08. The molecule has 1 heterocycles. The highest BCUT2D eigenvalue weighted by molar-refractivity contribution is 9.10. The average molecular weight is 340 g/mol. The molecule has 0 bridgehead atoms. The van der Waals surface area contributed by atoms with Crippen molar-refractivity contribution >= 4 is 27.3 Å². The largest absolute Gasteiger partial charge is 0.488 e. The van der Waals surface area contributed by atoms with Crippen molar-refractivity contribution in [3.63, 3.8) is 0 Å². The van der Waals surface area contributed by atoms with Gasteiger partial charge in [-0.15, -0.1) is 11.3 Å². The van der Waals surface area contributed by atoms with Gasteiger partial charge in [-0.25, -0.2) is 0 Å². The summed E-state index contributed by atoms with van der Waals surface area (Å²) in [6.45, 7) is 2.70. The predicted molar refractivity (Wildman–Crippen MR) is 84.8 cm³/mol. The number of para-hydroxylation sites is 1. The zero-order valence-electron chi connectivity index (χ0n) is 10.9. The summed E-state index contributed by atoms with van der Waals surface area (Å²) >= 11 is 5.22. The summed E-state index contributed by atoms with van der Waals surface area (Å²) in [6.07, 6.45) is 1.84. The molecule has 2 aromatic rings. The second kappa shape index (κ2) is 7.08. The lowest BCUT2D eigenvalue weighted by Crippen LogP contribution is -2.21. The molecule has 1 aromatic heterocycles. The van der Waals surface area contributed by atoms with Crippen molar-refractivity contribution in [1.29, 1.82) is 0 Å². The maximum absolute atomic E-state index is 6.03. The maximum atomic E-state index is 6.03. The minimum atomic E-state index is 0.193. The molecule has 2 rings (SSSR count). The number of thiophene rings is 1. The van der Waals surface area contributed by atoms with Gasteiger partial charge in [0.1, 0.15) is 12.4 Å². The van der Waals surface area contributed by atoms with Crippen molar-refractivity contribution in [2.75, 3.05) is 0 Å². The van der Waals surface area contributed by atoms with Crippen LogP contribution in [-0.4, -0.2) is 6.04 Å². The van der Waals surface area contributed by atoms with Crippen LogP contribution in [0, 0.1) is 0 Å². The lowest BCUT2D eigenvalue weighted by atomic mass is 10.0. The molecule has 0 radical (unpaired) electrons. The van der Waals surface area contributed by atoms with E-state index in [1.807, 2.05) is 24.3 Å². The molecule has 4 heteroatoms. The first-order chi connectivity index (χ1) is 9.20. The molecule has 0 amide bonds. The molecule has 2 N–H and O–H groups in total. The topological polar surface area (TPSA) is 35.2 Å². The summed E-state index contributed by atoms with van der Waals surface area (Å²) in [6, 6.07) is 10.4. The van der Waals surface area contributed by atoms with Crippen LogP contribution in [0.1, 0.15) is 23.8 Å². The van der Waals surface area contributed by atoms with Crippen molar-refractivity contribution in [3.05, 3.63) is 50.6 Å². The third kappa shape index (κ3) is 4.06. The molecule has 0 fully saturated rings. The van der Waals surface area contributed by atoms with Crippen LogP contribution in [-0.2, 0) is 13.0 Å². The van der Waals surface area contributed by atoms with E-state index in [0.717, 1.165) is 23.1 Å². The van der Waals surface area contributed by atoms with E-state index in [1.54, 1.807) is 11.3 Å². The molecule has 1 atom stereocenters. The number of hydrogen-bond donors (Lipinski definition) is 1. The third-order valence-electron chi connectivity index (χ3n) is 3.03. The lowest BCUT2D eigenvalue weighted by molar-refractivity contribution is 0.305. The zero-order chi connectivity index (χ0) is 13.7. The smallest absolute Gasteiger partial charge is 0.124 e. The summed E-state index contributed by atoms with van der Waals surface area (Å²) in [7, 11) is 0. The Hall–Kier alpha value is -0.840. The van der Waals surface area contributed by atoms with Gasteiger partial charge in [-0.3, -0.25) is 0 Å². The number of rotatable bonds is 6. The number of halogens is 1. The third-order valence-corrected chi connectivity index (χ3v) is 4.93. The Morgan fingerprint density at radius 1 is 1.32 bits per heavy atom.